The Morgan fingerprint density at radius 1 is 1.14 bits per heavy atom. The second-order valence-electron chi connectivity index (χ2n) is 6.04. The van der Waals surface area contributed by atoms with Crippen molar-refractivity contribution in [2.75, 3.05) is 11.9 Å². The summed E-state index contributed by atoms with van der Waals surface area (Å²) in [5, 5.41) is 7.55. The van der Waals surface area contributed by atoms with Gasteiger partial charge in [0, 0.05) is 17.1 Å². The normalized spacial score (nSPS) is 13.5. The number of nitrogens with one attached hydrogen (secondary N) is 2. The van der Waals surface area contributed by atoms with Gasteiger partial charge in [0.2, 0.25) is 5.91 Å². The van der Waals surface area contributed by atoms with E-state index in [1.807, 2.05) is 23.6 Å². The summed E-state index contributed by atoms with van der Waals surface area (Å²) in [4.78, 5) is 45.4. The molecule has 0 saturated carbocycles. The second-order valence-corrected chi connectivity index (χ2v) is 6.90. The van der Waals surface area contributed by atoms with E-state index in [-0.39, 0.29) is 24.9 Å². The fourth-order valence-corrected chi connectivity index (χ4v) is 3.39. The third-order valence-electron chi connectivity index (χ3n) is 4.15. The molecule has 28 heavy (non-hydrogen) atoms. The van der Waals surface area contributed by atoms with Gasteiger partial charge in [-0.2, -0.15) is 0 Å². The Kier molecular flexibility index (Phi) is 4.81. The Labute approximate surface area is 164 Å². The van der Waals surface area contributed by atoms with E-state index in [1.54, 1.807) is 30.5 Å². The molecular weight excluding hydrogens is 378 g/mol. The molecule has 0 atom stereocenters. The number of pyridine rings is 1. The first kappa shape index (κ1) is 17.8. The first-order chi connectivity index (χ1) is 13.6. The van der Waals surface area contributed by atoms with Gasteiger partial charge < -0.3 is 5.32 Å². The highest BCUT2D eigenvalue weighted by atomic mass is 32.1. The molecule has 0 radical (unpaired) electrons. The van der Waals surface area contributed by atoms with Crippen LogP contribution < -0.4 is 10.6 Å². The molecule has 1 fully saturated rings. The van der Waals surface area contributed by atoms with E-state index in [0.29, 0.717) is 16.4 Å². The Hall–Kier alpha value is -3.59. The van der Waals surface area contributed by atoms with Crippen LogP contribution in [0.15, 0.2) is 54.0 Å². The van der Waals surface area contributed by atoms with E-state index in [9.17, 15) is 14.4 Å². The predicted octanol–water partition coefficient (Wildman–Crippen LogP) is 2.51. The fraction of sp³-hybridized carbons (Fsp3) is 0.105. The number of carbonyl (C=O) groups excluding carboxylic acids is 3. The zero-order valence-corrected chi connectivity index (χ0v) is 15.4. The Bertz CT molecular complexity index is 1020. The first-order valence-corrected chi connectivity index (χ1v) is 9.33. The van der Waals surface area contributed by atoms with Crippen molar-refractivity contribution in [3.63, 3.8) is 0 Å². The number of urea groups is 1. The van der Waals surface area contributed by atoms with Crippen molar-refractivity contribution < 1.29 is 14.4 Å². The van der Waals surface area contributed by atoms with Gasteiger partial charge in [-0.1, -0.05) is 18.2 Å². The number of carbonyl (C=O) groups is 3. The minimum absolute atomic E-state index is 0.0215. The topological polar surface area (TPSA) is 104 Å². The summed E-state index contributed by atoms with van der Waals surface area (Å²) in [6.45, 7) is 0.195. The summed E-state index contributed by atoms with van der Waals surface area (Å²) >= 11 is 1.32. The third kappa shape index (κ3) is 3.74. The smallest absolute Gasteiger partial charge is 0.324 e. The van der Waals surface area contributed by atoms with Gasteiger partial charge >= 0.3 is 6.03 Å². The lowest BCUT2D eigenvalue weighted by atomic mass is 10.1. The zero-order chi connectivity index (χ0) is 19.5. The summed E-state index contributed by atoms with van der Waals surface area (Å²) in [5.74, 6) is -0.553. The van der Waals surface area contributed by atoms with Crippen molar-refractivity contribution in [1.29, 1.82) is 0 Å². The standard InChI is InChI=1S/C19H15N5O3S/c25-16-9-21-19(27)24(16)10-12-4-6-13(7-5-12)17(26)23-18-22-15(11-28-18)14-3-1-2-8-20-14/h1-8,11H,9-10H2,(H,21,27)(H,22,23,26). The van der Waals surface area contributed by atoms with Crippen LogP contribution in [0.25, 0.3) is 11.4 Å². The maximum Gasteiger partial charge on any atom is 0.324 e. The molecule has 1 aliphatic heterocycles. The van der Waals surface area contributed by atoms with Gasteiger partial charge in [0.15, 0.2) is 5.13 Å². The SMILES string of the molecule is O=C(Nc1nc(-c2ccccn2)cs1)c1ccc(CN2C(=O)CNC2=O)cc1. The van der Waals surface area contributed by atoms with E-state index in [2.05, 4.69) is 20.6 Å². The summed E-state index contributed by atoms with van der Waals surface area (Å²) in [5.41, 5.74) is 2.65. The van der Waals surface area contributed by atoms with Crippen LogP contribution in [0.1, 0.15) is 15.9 Å². The molecule has 2 aromatic heterocycles. The number of hydrogen-bond donors (Lipinski definition) is 2. The van der Waals surface area contributed by atoms with Crippen molar-refractivity contribution in [1.82, 2.24) is 20.2 Å². The van der Waals surface area contributed by atoms with Gasteiger partial charge in [-0.3, -0.25) is 24.8 Å². The van der Waals surface area contributed by atoms with Crippen LogP contribution in [0.3, 0.4) is 0 Å². The highest BCUT2D eigenvalue weighted by molar-refractivity contribution is 7.14. The lowest BCUT2D eigenvalue weighted by Gasteiger charge is -2.12. The Balaban J connectivity index is 1.41. The van der Waals surface area contributed by atoms with E-state index in [4.69, 9.17) is 0 Å². The van der Waals surface area contributed by atoms with Gasteiger partial charge in [0.25, 0.3) is 5.91 Å². The fourth-order valence-electron chi connectivity index (χ4n) is 2.69. The summed E-state index contributed by atoms with van der Waals surface area (Å²) in [7, 11) is 0. The minimum Gasteiger partial charge on any atom is -0.329 e. The molecule has 0 spiro atoms. The largest absolute Gasteiger partial charge is 0.329 e. The first-order valence-electron chi connectivity index (χ1n) is 8.45. The summed E-state index contributed by atoms with van der Waals surface area (Å²) in [6.07, 6.45) is 1.69. The highest BCUT2D eigenvalue weighted by Gasteiger charge is 2.28. The van der Waals surface area contributed by atoms with Crippen molar-refractivity contribution in [3.05, 3.63) is 65.2 Å². The molecule has 4 rings (SSSR count). The van der Waals surface area contributed by atoms with Crippen LogP contribution in [0.4, 0.5) is 9.93 Å². The third-order valence-corrected chi connectivity index (χ3v) is 4.90. The van der Waals surface area contributed by atoms with E-state index in [1.165, 1.54) is 11.3 Å². The average Bonchev–Trinajstić information content (AvgIpc) is 3.31. The lowest BCUT2D eigenvalue weighted by molar-refractivity contribution is -0.125. The molecule has 0 bridgehead atoms. The second kappa shape index (κ2) is 7.57. The predicted molar refractivity (Wildman–Crippen MR) is 104 cm³/mol. The molecule has 8 nitrogen and oxygen atoms in total. The molecule has 1 saturated heterocycles. The molecule has 3 aromatic rings. The minimum atomic E-state index is -0.403. The maximum absolute atomic E-state index is 12.4. The van der Waals surface area contributed by atoms with Crippen molar-refractivity contribution >= 4 is 34.3 Å². The molecule has 0 aliphatic carbocycles. The van der Waals surface area contributed by atoms with Crippen LogP contribution in [-0.4, -0.2) is 39.3 Å². The molecular formula is C19H15N5O3S. The molecule has 9 heteroatoms. The van der Waals surface area contributed by atoms with Crippen molar-refractivity contribution in [2.45, 2.75) is 6.54 Å². The highest BCUT2D eigenvalue weighted by Crippen LogP contribution is 2.23. The van der Waals surface area contributed by atoms with E-state index < -0.39 is 6.03 Å². The maximum atomic E-state index is 12.4. The number of nitrogens with zero attached hydrogens (tertiary/aromatic N) is 3. The van der Waals surface area contributed by atoms with Crippen LogP contribution in [0.5, 0.6) is 0 Å². The number of aromatic nitrogens is 2. The molecule has 3 heterocycles. The van der Waals surface area contributed by atoms with Crippen LogP contribution in [0, 0.1) is 0 Å². The molecule has 1 aromatic carbocycles. The number of amides is 4. The summed E-state index contributed by atoms with van der Waals surface area (Å²) in [6, 6.07) is 11.9. The molecule has 4 amide bonds. The number of imide groups is 1. The van der Waals surface area contributed by atoms with Gasteiger partial charge in [-0.15, -0.1) is 11.3 Å². The van der Waals surface area contributed by atoms with E-state index >= 15 is 0 Å². The summed E-state index contributed by atoms with van der Waals surface area (Å²) < 4.78 is 0. The monoisotopic (exact) mass is 393 g/mol. The van der Waals surface area contributed by atoms with Crippen LogP contribution in [-0.2, 0) is 11.3 Å². The number of anilines is 1. The Morgan fingerprint density at radius 3 is 2.64 bits per heavy atom. The van der Waals surface area contributed by atoms with E-state index in [0.717, 1.165) is 16.2 Å². The quantitative estimate of drug-likeness (QED) is 0.648. The van der Waals surface area contributed by atoms with Gasteiger partial charge in [-0.05, 0) is 29.8 Å². The number of benzene rings is 1. The average molecular weight is 393 g/mol. The molecule has 140 valence electrons. The van der Waals surface area contributed by atoms with Gasteiger partial charge in [-0.25, -0.2) is 9.78 Å². The van der Waals surface area contributed by atoms with Gasteiger partial charge in [0.05, 0.1) is 18.8 Å². The number of hydrogen-bond acceptors (Lipinski definition) is 6. The van der Waals surface area contributed by atoms with Crippen molar-refractivity contribution in [3.8, 4) is 11.4 Å². The van der Waals surface area contributed by atoms with Crippen molar-refractivity contribution in [2.24, 2.45) is 0 Å². The number of rotatable bonds is 5. The Morgan fingerprint density at radius 2 is 1.96 bits per heavy atom. The zero-order valence-electron chi connectivity index (χ0n) is 14.6. The lowest BCUT2D eigenvalue weighted by Crippen LogP contribution is -2.30. The molecule has 0 unspecified atom stereocenters. The number of thiazole rings is 1. The van der Waals surface area contributed by atoms with Crippen LogP contribution >= 0.6 is 11.3 Å². The molecule has 2 N–H and O–H groups in total. The van der Waals surface area contributed by atoms with Gasteiger partial charge in [0.1, 0.15) is 5.69 Å². The van der Waals surface area contributed by atoms with Crippen LogP contribution in [0.2, 0.25) is 0 Å². The molecule has 1 aliphatic rings.